The van der Waals surface area contributed by atoms with E-state index >= 15 is 0 Å². The van der Waals surface area contributed by atoms with E-state index in [0.29, 0.717) is 32.8 Å². The van der Waals surface area contributed by atoms with Crippen LogP contribution in [0.25, 0.3) is 22.8 Å². The number of aromatic hydroxyl groups is 1. The van der Waals surface area contributed by atoms with Crippen molar-refractivity contribution < 1.29 is 5.11 Å². The van der Waals surface area contributed by atoms with Gasteiger partial charge in [0, 0.05) is 21.2 Å². The highest BCUT2D eigenvalue weighted by atomic mass is 35.5. The highest BCUT2D eigenvalue weighted by Crippen LogP contribution is 2.25. The maximum atomic E-state index is 9.73. The maximum Gasteiger partial charge on any atom is 0.318 e. The Kier molecular flexibility index (Phi) is 3.73. The Morgan fingerprint density at radius 1 is 0.714 bits per heavy atom. The molecule has 2 aromatic carbocycles. The summed E-state index contributed by atoms with van der Waals surface area (Å²) in [6.07, 6.45) is 0. The molecule has 0 aliphatic rings. The van der Waals surface area contributed by atoms with Crippen molar-refractivity contribution in [2.45, 2.75) is 0 Å². The fourth-order valence-corrected chi connectivity index (χ4v) is 2.26. The molecule has 3 aromatic rings. The van der Waals surface area contributed by atoms with Gasteiger partial charge in [-0.25, -0.2) is 4.98 Å². The summed E-state index contributed by atoms with van der Waals surface area (Å²) in [6.45, 7) is 0. The molecule has 0 fully saturated rings. The Hall–Kier alpha value is -2.17. The summed E-state index contributed by atoms with van der Waals surface area (Å²) in [7, 11) is 0. The average Bonchev–Trinajstić information content (AvgIpc) is 2.46. The van der Waals surface area contributed by atoms with Crippen molar-refractivity contribution in [3.8, 4) is 28.8 Å². The van der Waals surface area contributed by atoms with E-state index in [9.17, 15) is 5.11 Å². The second kappa shape index (κ2) is 5.68. The van der Waals surface area contributed by atoms with Gasteiger partial charge in [0.1, 0.15) is 0 Å². The standard InChI is InChI=1S/C15H9Cl2N3O/c16-11-5-1-3-9(7-11)13-18-14(20-15(21)19-13)10-4-2-6-12(17)8-10/h1-8H,(H,18,19,20,21). The van der Waals surface area contributed by atoms with Crippen LogP contribution in [0.15, 0.2) is 48.5 Å². The van der Waals surface area contributed by atoms with Crippen molar-refractivity contribution in [2.75, 3.05) is 0 Å². The Balaban J connectivity index is 2.12. The zero-order valence-electron chi connectivity index (χ0n) is 10.7. The molecule has 21 heavy (non-hydrogen) atoms. The van der Waals surface area contributed by atoms with E-state index in [1.54, 1.807) is 36.4 Å². The second-order valence-corrected chi connectivity index (χ2v) is 5.18. The number of halogens is 2. The van der Waals surface area contributed by atoms with E-state index in [1.807, 2.05) is 12.1 Å². The van der Waals surface area contributed by atoms with Gasteiger partial charge in [-0.15, -0.1) is 0 Å². The Labute approximate surface area is 131 Å². The lowest BCUT2D eigenvalue weighted by Gasteiger charge is -2.05. The molecule has 0 bridgehead atoms. The van der Waals surface area contributed by atoms with E-state index < -0.39 is 0 Å². The SMILES string of the molecule is Oc1nc(-c2cccc(Cl)c2)nc(-c2cccc(Cl)c2)n1. The topological polar surface area (TPSA) is 58.9 Å². The largest absolute Gasteiger partial charge is 0.479 e. The molecule has 3 rings (SSSR count). The first-order valence-electron chi connectivity index (χ1n) is 6.09. The maximum absolute atomic E-state index is 9.73. The van der Waals surface area contributed by atoms with Gasteiger partial charge in [-0.05, 0) is 24.3 Å². The molecule has 0 aliphatic carbocycles. The summed E-state index contributed by atoms with van der Waals surface area (Å²) >= 11 is 11.9. The molecule has 1 aromatic heterocycles. The minimum Gasteiger partial charge on any atom is -0.479 e. The monoisotopic (exact) mass is 317 g/mol. The van der Waals surface area contributed by atoms with Crippen LogP contribution in [0.1, 0.15) is 0 Å². The molecule has 0 atom stereocenters. The van der Waals surface area contributed by atoms with Crippen molar-refractivity contribution >= 4 is 23.2 Å². The van der Waals surface area contributed by atoms with E-state index in [4.69, 9.17) is 23.2 Å². The molecule has 0 saturated heterocycles. The van der Waals surface area contributed by atoms with Gasteiger partial charge >= 0.3 is 6.01 Å². The molecule has 0 spiro atoms. The Bertz CT molecular complexity index is 745. The Morgan fingerprint density at radius 2 is 1.19 bits per heavy atom. The predicted octanol–water partition coefficient (Wildman–Crippen LogP) is 4.22. The summed E-state index contributed by atoms with van der Waals surface area (Å²) in [4.78, 5) is 12.2. The summed E-state index contributed by atoms with van der Waals surface area (Å²) in [6, 6.07) is 13.8. The van der Waals surface area contributed by atoms with E-state index in [0.717, 1.165) is 0 Å². The lowest BCUT2D eigenvalue weighted by Crippen LogP contribution is -1.96. The van der Waals surface area contributed by atoms with Gasteiger partial charge in [-0.2, -0.15) is 9.97 Å². The number of hydrogen-bond donors (Lipinski definition) is 1. The van der Waals surface area contributed by atoms with Crippen molar-refractivity contribution in [2.24, 2.45) is 0 Å². The molecule has 6 heteroatoms. The van der Waals surface area contributed by atoms with E-state index in [2.05, 4.69) is 15.0 Å². The van der Waals surface area contributed by atoms with Gasteiger partial charge in [-0.3, -0.25) is 0 Å². The quantitative estimate of drug-likeness (QED) is 0.768. The van der Waals surface area contributed by atoms with Gasteiger partial charge in [-0.1, -0.05) is 47.5 Å². The summed E-state index contributed by atoms with van der Waals surface area (Å²) in [5, 5.41) is 10.9. The molecule has 1 heterocycles. The van der Waals surface area contributed by atoms with Crippen molar-refractivity contribution in [1.29, 1.82) is 0 Å². The van der Waals surface area contributed by atoms with Crippen molar-refractivity contribution in [3.63, 3.8) is 0 Å². The van der Waals surface area contributed by atoms with Crippen LogP contribution < -0.4 is 0 Å². The van der Waals surface area contributed by atoms with Crippen LogP contribution in [0.2, 0.25) is 10.0 Å². The number of nitrogens with zero attached hydrogens (tertiary/aromatic N) is 3. The molecule has 0 amide bonds. The number of rotatable bonds is 2. The molecule has 0 aliphatic heterocycles. The van der Waals surface area contributed by atoms with E-state index in [1.165, 1.54) is 0 Å². The van der Waals surface area contributed by atoms with Gasteiger partial charge in [0.25, 0.3) is 0 Å². The zero-order chi connectivity index (χ0) is 14.8. The molecular weight excluding hydrogens is 309 g/mol. The normalized spacial score (nSPS) is 10.6. The molecule has 0 radical (unpaired) electrons. The van der Waals surface area contributed by atoms with Crippen LogP contribution in [0.4, 0.5) is 0 Å². The molecule has 1 N–H and O–H groups in total. The summed E-state index contributed by atoms with van der Waals surface area (Å²) in [5.74, 6) is 0.694. The van der Waals surface area contributed by atoms with Gasteiger partial charge < -0.3 is 5.11 Å². The van der Waals surface area contributed by atoms with E-state index in [-0.39, 0.29) is 6.01 Å². The first-order valence-corrected chi connectivity index (χ1v) is 6.84. The summed E-state index contributed by atoms with van der Waals surface area (Å²) in [5.41, 5.74) is 1.40. The number of benzene rings is 2. The second-order valence-electron chi connectivity index (χ2n) is 4.30. The highest BCUT2D eigenvalue weighted by Gasteiger charge is 2.10. The predicted molar refractivity (Wildman–Crippen MR) is 82.4 cm³/mol. The van der Waals surface area contributed by atoms with Crippen LogP contribution in [-0.4, -0.2) is 20.1 Å². The average molecular weight is 318 g/mol. The molecule has 104 valence electrons. The van der Waals surface area contributed by atoms with Crippen molar-refractivity contribution in [3.05, 3.63) is 58.6 Å². The lowest BCUT2D eigenvalue weighted by molar-refractivity contribution is 0.430. The zero-order valence-corrected chi connectivity index (χ0v) is 12.2. The number of hydrogen-bond acceptors (Lipinski definition) is 4. The fourth-order valence-electron chi connectivity index (χ4n) is 1.88. The Morgan fingerprint density at radius 3 is 1.62 bits per heavy atom. The molecular formula is C15H9Cl2N3O. The minimum atomic E-state index is -0.352. The summed E-state index contributed by atoms with van der Waals surface area (Å²) < 4.78 is 0. The van der Waals surface area contributed by atoms with Crippen LogP contribution in [0.3, 0.4) is 0 Å². The van der Waals surface area contributed by atoms with Gasteiger partial charge in [0.15, 0.2) is 11.6 Å². The minimum absolute atomic E-state index is 0.347. The molecule has 0 unspecified atom stereocenters. The van der Waals surface area contributed by atoms with Crippen LogP contribution in [0.5, 0.6) is 6.01 Å². The number of aromatic nitrogens is 3. The lowest BCUT2D eigenvalue weighted by atomic mass is 10.2. The third-order valence-corrected chi connectivity index (χ3v) is 3.26. The fraction of sp³-hybridized carbons (Fsp3) is 0. The smallest absolute Gasteiger partial charge is 0.318 e. The first-order chi connectivity index (χ1) is 10.1. The third-order valence-electron chi connectivity index (χ3n) is 2.79. The van der Waals surface area contributed by atoms with Gasteiger partial charge in [0.05, 0.1) is 0 Å². The van der Waals surface area contributed by atoms with Crippen LogP contribution in [-0.2, 0) is 0 Å². The first kappa shape index (κ1) is 13.8. The van der Waals surface area contributed by atoms with Crippen LogP contribution in [0, 0.1) is 0 Å². The third kappa shape index (κ3) is 3.12. The molecule has 4 nitrogen and oxygen atoms in total. The highest BCUT2D eigenvalue weighted by molar-refractivity contribution is 6.31. The molecule has 0 saturated carbocycles. The van der Waals surface area contributed by atoms with Crippen LogP contribution >= 0.6 is 23.2 Å². The van der Waals surface area contributed by atoms with Crippen molar-refractivity contribution in [1.82, 2.24) is 15.0 Å². The van der Waals surface area contributed by atoms with Gasteiger partial charge in [0.2, 0.25) is 0 Å².